The van der Waals surface area contributed by atoms with Crippen LogP contribution >= 0.6 is 11.3 Å². The molecule has 2 N–H and O–H groups in total. The van der Waals surface area contributed by atoms with Crippen molar-refractivity contribution in [1.29, 1.82) is 0 Å². The van der Waals surface area contributed by atoms with Crippen LogP contribution in [0.5, 0.6) is 0 Å². The van der Waals surface area contributed by atoms with Crippen LogP contribution in [0.4, 0.5) is 0 Å². The lowest BCUT2D eigenvalue weighted by atomic mass is 10.0. The third-order valence-electron chi connectivity index (χ3n) is 2.60. The minimum absolute atomic E-state index is 0.369. The predicted molar refractivity (Wildman–Crippen MR) is 67.4 cm³/mol. The van der Waals surface area contributed by atoms with E-state index in [0.29, 0.717) is 12.5 Å². The van der Waals surface area contributed by atoms with Crippen LogP contribution in [-0.2, 0) is 0 Å². The Morgan fingerprint density at radius 2 is 2.31 bits per heavy atom. The number of hydrogen-bond donors (Lipinski definition) is 1. The zero-order valence-electron chi connectivity index (χ0n) is 9.26. The maximum atomic E-state index is 5.71. The smallest absolute Gasteiger partial charge is 0.142 e. The van der Waals surface area contributed by atoms with E-state index in [1.165, 1.54) is 0 Å². The summed E-state index contributed by atoms with van der Waals surface area (Å²) in [6.07, 6.45) is 2.82. The molecule has 0 amide bonds. The Labute approximate surface area is 99.4 Å². The van der Waals surface area contributed by atoms with Gasteiger partial charge in [0.15, 0.2) is 0 Å². The van der Waals surface area contributed by atoms with E-state index in [0.717, 1.165) is 22.8 Å². The molecule has 0 saturated carbocycles. The van der Waals surface area contributed by atoms with E-state index >= 15 is 0 Å². The number of hydrogen-bond acceptors (Lipinski definition) is 4. The molecule has 1 atom stereocenters. The van der Waals surface area contributed by atoms with Crippen LogP contribution in [0.1, 0.15) is 25.0 Å². The van der Waals surface area contributed by atoms with E-state index < -0.39 is 0 Å². The molecule has 2 aromatic heterocycles. The van der Waals surface area contributed by atoms with Gasteiger partial charge in [-0.3, -0.25) is 4.98 Å². The van der Waals surface area contributed by atoms with Gasteiger partial charge in [-0.25, -0.2) is 4.98 Å². The molecule has 0 aromatic carbocycles. The highest BCUT2D eigenvalue weighted by molar-refractivity contribution is 7.13. The van der Waals surface area contributed by atoms with Gasteiger partial charge in [-0.2, -0.15) is 0 Å². The summed E-state index contributed by atoms with van der Waals surface area (Å²) in [6.45, 7) is 2.79. The van der Waals surface area contributed by atoms with Crippen molar-refractivity contribution in [3.63, 3.8) is 0 Å². The van der Waals surface area contributed by atoms with E-state index in [1.807, 2.05) is 18.2 Å². The molecule has 0 aliphatic heterocycles. The minimum Gasteiger partial charge on any atom is -0.330 e. The van der Waals surface area contributed by atoms with Crippen LogP contribution in [0.25, 0.3) is 10.7 Å². The molecule has 4 heteroatoms. The Morgan fingerprint density at radius 3 is 2.94 bits per heavy atom. The topological polar surface area (TPSA) is 51.8 Å². The van der Waals surface area contributed by atoms with E-state index in [-0.39, 0.29) is 0 Å². The summed E-state index contributed by atoms with van der Waals surface area (Å²) in [5.74, 6) is 0.369. The van der Waals surface area contributed by atoms with Crippen LogP contribution in [0, 0.1) is 0 Å². The molecule has 1 unspecified atom stereocenters. The Balaban J connectivity index is 2.26. The normalized spacial score (nSPS) is 12.6. The molecular weight excluding hydrogens is 218 g/mol. The van der Waals surface area contributed by atoms with E-state index in [4.69, 9.17) is 5.73 Å². The second-order valence-corrected chi connectivity index (χ2v) is 4.49. The van der Waals surface area contributed by atoms with Crippen LogP contribution in [0.3, 0.4) is 0 Å². The van der Waals surface area contributed by atoms with Crippen LogP contribution in [0.15, 0.2) is 29.8 Å². The first-order chi connectivity index (χ1) is 7.85. The van der Waals surface area contributed by atoms with Gasteiger partial charge >= 0.3 is 0 Å². The first-order valence-electron chi connectivity index (χ1n) is 5.42. The van der Waals surface area contributed by atoms with Gasteiger partial charge in [0.05, 0.1) is 11.4 Å². The minimum atomic E-state index is 0.369. The second kappa shape index (κ2) is 5.18. The molecule has 16 heavy (non-hydrogen) atoms. The number of nitrogens with zero attached hydrogens (tertiary/aromatic N) is 2. The molecule has 0 bridgehead atoms. The molecule has 0 spiro atoms. The highest BCUT2D eigenvalue weighted by Crippen LogP contribution is 2.26. The fourth-order valence-corrected chi connectivity index (χ4v) is 2.45. The van der Waals surface area contributed by atoms with Crippen molar-refractivity contribution >= 4 is 11.3 Å². The summed E-state index contributed by atoms with van der Waals surface area (Å²) >= 11 is 1.63. The molecule has 3 nitrogen and oxygen atoms in total. The van der Waals surface area contributed by atoms with Gasteiger partial charge in [-0.05, 0) is 18.6 Å². The average molecular weight is 233 g/mol. The van der Waals surface area contributed by atoms with Crippen molar-refractivity contribution in [2.45, 2.75) is 19.3 Å². The standard InChI is InChI=1S/C12H15N3S/c1-2-9(7-13)11-8-16-12(15-11)10-5-3-4-6-14-10/h3-6,8-9H,2,7,13H2,1H3. The first-order valence-corrected chi connectivity index (χ1v) is 6.30. The second-order valence-electron chi connectivity index (χ2n) is 3.63. The summed E-state index contributed by atoms with van der Waals surface area (Å²) in [6, 6.07) is 5.86. The van der Waals surface area contributed by atoms with Crippen molar-refractivity contribution in [2.24, 2.45) is 5.73 Å². The molecule has 0 aliphatic rings. The number of pyridine rings is 1. The maximum Gasteiger partial charge on any atom is 0.142 e. The van der Waals surface area contributed by atoms with Crippen molar-refractivity contribution in [3.05, 3.63) is 35.5 Å². The highest BCUT2D eigenvalue weighted by Gasteiger charge is 2.12. The molecule has 0 aliphatic carbocycles. The molecule has 2 aromatic rings. The number of rotatable bonds is 4. The molecule has 2 heterocycles. The molecule has 0 fully saturated rings. The lowest BCUT2D eigenvalue weighted by molar-refractivity contribution is 0.659. The summed E-state index contributed by atoms with van der Waals surface area (Å²) in [5.41, 5.74) is 7.74. The monoisotopic (exact) mass is 233 g/mol. The summed E-state index contributed by atoms with van der Waals surface area (Å²) in [7, 11) is 0. The number of thiazole rings is 1. The van der Waals surface area contributed by atoms with Gasteiger partial charge in [0.25, 0.3) is 0 Å². The Kier molecular flexibility index (Phi) is 3.64. The van der Waals surface area contributed by atoms with Crippen molar-refractivity contribution in [2.75, 3.05) is 6.54 Å². The van der Waals surface area contributed by atoms with Gasteiger partial charge in [-0.1, -0.05) is 13.0 Å². The Morgan fingerprint density at radius 1 is 1.44 bits per heavy atom. The maximum absolute atomic E-state index is 5.71. The van der Waals surface area contributed by atoms with Crippen LogP contribution in [0.2, 0.25) is 0 Å². The van der Waals surface area contributed by atoms with Gasteiger partial charge in [-0.15, -0.1) is 11.3 Å². The lowest BCUT2D eigenvalue weighted by Crippen LogP contribution is -2.11. The van der Waals surface area contributed by atoms with E-state index in [9.17, 15) is 0 Å². The quantitative estimate of drug-likeness (QED) is 0.883. The van der Waals surface area contributed by atoms with E-state index in [2.05, 4.69) is 22.3 Å². The van der Waals surface area contributed by atoms with Crippen molar-refractivity contribution < 1.29 is 0 Å². The molecule has 0 saturated heterocycles. The van der Waals surface area contributed by atoms with Crippen molar-refractivity contribution in [3.8, 4) is 10.7 Å². The first kappa shape index (κ1) is 11.2. The number of nitrogens with two attached hydrogens (primary N) is 1. The Bertz CT molecular complexity index is 435. The van der Waals surface area contributed by atoms with Gasteiger partial charge in [0.1, 0.15) is 5.01 Å². The third kappa shape index (κ3) is 2.28. The fraction of sp³-hybridized carbons (Fsp3) is 0.333. The fourth-order valence-electron chi connectivity index (χ4n) is 1.58. The average Bonchev–Trinajstić information content (AvgIpc) is 2.81. The molecule has 84 valence electrons. The molecular formula is C12H15N3S. The lowest BCUT2D eigenvalue weighted by Gasteiger charge is -2.07. The summed E-state index contributed by atoms with van der Waals surface area (Å²) in [5, 5.41) is 3.06. The largest absolute Gasteiger partial charge is 0.330 e. The predicted octanol–water partition coefficient (Wildman–Crippen LogP) is 2.66. The van der Waals surface area contributed by atoms with Crippen molar-refractivity contribution in [1.82, 2.24) is 9.97 Å². The van der Waals surface area contributed by atoms with Gasteiger partial charge in [0.2, 0.25) is 0 Å². The third-order valence-corrected chi connectivity index (χ3v) is 3.48. The van der Waals surface area contributed by atoms with Gasteiger partial charge < -0.3 is 5.73 Å². The highest BCUT2D eigenvalue weighted by atomic mass is 32.1. The zero-order chi connectivity index (χ0) is 11.4. The summed E-state index contributed by atoms with van der Waals surface area (Å²) < 4.78 is 0. The number of aromatic nitrogens is 2. The zero-order valence-corrected chi connectivity index (χ0v) is 10.1. The SMILES string of the molecule is CCC(CN)c1csc(-c2ccccn2)n1. The van der Waals surface area contributed by atoms with Crippen LogP contribution < -0.4 is 5.73 Å². The van der Waals surface area contributed by atoms with Gasteiger partial charge in [0, 0.05) is 24.0 Å². The van der Waals surface area contributed by atoms with Crippen LogP contribution in [-0.4, -0.2) is 16.5 Å². The van der Waals surface area contributed by atoms with E-state index in [1.54, 1.807) is 17.5 Å². The molecule has 2 rings (SSSR count). The Hall–Kier alpha value is -1.26. The molecule has 0 radical (unpaired) electrons. The summed E-state index contributed by atoms with van der Waals surface area (Å²) in [4.78, 5) is 8.89.